The van der Waals surface area contributed by atoms with E-state index in [4.69, 9.17) is 4.74 Å². The molecule has 2 aromatic rings. The third kappa shape index (κ3) is 4.59. The van der Waals surface area contributed by atoms with Crippen molar-refractivity contribution < 1.29 is 22.7 Å². The molecule has 1 N–H and O–H groups in total. The first-order valence-corrected chi connectivity index (χ1v) is 11.1. The number of aryl methyl sites for hydroxylation is 2. The molecule has 1 unspecified atom stereocenters. The Morgan fingerprint density at radius 1 is 1.14 bits per heavy atom. The standard InChI is InChI=1S/C21H24N2O5S/c1-13-5-7-18(14(2)11-13)22-20(24)15(3)28-21(25)17-6-8-19-16(12-17)9-10-23(19)29(4,26)27/h5-8,11-12,15H,9-10H2,1-4H3,(H,22,24). The Morgan fingerprint density at radius 2 is 1.86 bits per heavy atom. The second kappa shape index (κ2) is 7.87. The Morgan fingerprint density at radius 3 is 2.52 bits per heavy atom. The van der Waals surface area contributed by atoms with Crippen LogP contribution in [0, 0.1) is 13.8 Å². The summed E-state index contributed by atoms with van der Waals surface area (Å²) in [6.07, 6.45) is 0.691. The Hall–Kier alpha value is -2.87. The van der Waals surface area contributed by atoms with E-state index < -0.39 is 28.0 Å². The molecule has 0 bridgehead atoms. The summed E-state index contributed by atoms with van der Waals surface area (Å²) in [5.74, 6) is -1.05. The third-order valence-electron chi connectivity index (χ3n) is 4.86. The fourth-order valence-corrected chi connectivity index (χ4v) is 4.27. The molecule has 8 heteroatoms. The predicted molar refractivity (Wildman–Crippen MR) is 112 cm³/mol. The minimum Gasteiger partial charge on any atom is -0.449 e. The van der Waals surface area contributed by atoms with Crippen molar-refractivity contribution in [3.05, 3.63) is 58.7 Å². The number of rotatable bonds is 5. The van der Waals surface area contributed by atoms with Crippen LogP contribution in [0.25, 0.3) is 0 Å². The molecule has 1 aliphatic rings. The van der Waals surface area contributed by atoms with E-state index in [1.165, 1.54) is 17.3 Å². The number of carbonyl (C=O) groups is 2. The number of nitrogens with one attached hydrogen (secondary N) is 1. The van der Waals surface area contributed by atoms with Crippen LogP contribution in [0.3, 0.4) is 0 Å². The lowest BCUT2D eigenvalue weighted by molar-refractivity contribution is -0.123. The van der Waals surface area contributed by atoms with Crippen molar-refractivity contribution in [1.29, 1.82) is 0 Å². The van der Waals surface area contributed by atoms with Crippen LogP contribution in [0.2, 0.25) is 0 Å². The molecule has 29 heavy (non-hydrogen) atoms. The predicted octanol–water partition coefficient (Wildman–Crippen LogP) is 2.81. The molecule has 154 valence electrons. The summed E-state index contributed by atoms with van der Waals surface area (Å²) >= 11 is 0. The average Bonchev–Trinajstić information content (AvgIpc) is 3.07. The summed E-state index contributed by atoms with van der Waals surface area (Å²) in [5.41, 5.74) is 4.30. The highest BCUT2D eigenvalue weighted by atomic mass is 32.2. The maximum absolute atomic E-state index is 12.5. The highest BCUT2D eigenvalue weighted by molar-refractivity contribution is 7.92. The zero-order valence-electron chi connectivity index (χ0n) is 16.9. The quantitative estimate of drug-likeness (QED) is 0.757. The van der Waals surface area contributed by atoms with E-state index in [0.717, 1.165) is 22.9 Å². The van der Waals surface area contributed by atoms with E-state index in [1.54, 1.807) is 12.1 Å². The van der Waals surface area contributed by atoms with Gasteiger partial charge in [0.25, 0.3) is 5.91 Å². The van der Waals surface area contributed by atoms with Gasteiger partial charge in [-0.1, -0.05) is 17.7 Å². The van der Waals surface area contributed by atoms with Crippen LogP contribution >= 0.6 is 0 Å². The monoisotopic (exact) mass is 416 g/mol. The van der Waals surface area contributed by atoms with Gasteiger partial charge in [0.1, 0.15) is 0 Å². The molecule has 2 aromatic carbocycles. The number of amides is 1. The minimum absolute atomic E-state index is 0.283. The maximum atomic E-state index is 12.5. The number of hydrogen-bond acceptors (Lipinski definition) is 5. The molecule has 0 fully saturated rings. The molecule has 1 amide bonds. The lowest BCUT2D eigenvalue weighted by Gasteiger charge is -2.17. The number of nitrogens with zero attached hydrogens (tertiary/aromatic N) is 1. The molecule has 1 atom stereocenters. The van der Waals surface area contributed by atoms with Gasteiger partial charge in [0.2, 0.25) is 10.0 Å². The van der Waals surface area contributed by atoms with E-state index >= 15 is 0 Å². The molecular weight excluding hydrogens is 392 g/mol. The Bertz CT molecular complexity index is 1080. The van der Waals surface area contributed by atoms with Crippen LogP contribution in [0.5, 0.6) is 0 Å². The Balaban J connectivity index is 1.68. The first-order chi connectivity index (χ1) is 13.6. The zero-order valence-corrected chi connectivity index (χ0v) is 17.7. The lowest BCUT2D eigenvalue weighted by Crippen LogP contribution is -2.30. The first kappa shape index (κ1) is 20.9. The molecule has 1 heterocycles. The van der Waals surface area contributed by atoms with Gasteiger partial charge in [-0.2, -0.15) is 0 Å². The van der Waals surface area contributed by atoms with Crippen LogP contribution in [0.15, 0.2) is 36.4 Å². The topological polar surface area (TPSA) is 92.8 Å². The van der Waals surface area contributed by atoms with Crippen molar-refractivity contribution in [2.24, 2.45) is 0 Å². The number of hydrogen-bond donors (Lipinski definition) is 1. The third-order valence-corrected chi connectivity index (χ3v) is 6.04. The van der Waals surface area contributed by atoms with E-state index in [0.29, 0.717) is 24.3 Å². The van der Waals surface area contributed by atoms with Gasteiger partial charge in [-0.05, 0) is 62.6 Å². The molecule has 3 rings (SSSR count). The molecular formula is C21H24N2O5S. The molecule has 0 saturated carbocycles. The van der Waals surface area contributed by atoms with Crippen LogP contribution in [-0.2, 0) is 26.0 Å². The Kier molecular flexibility index (Phi) is 5.66. The highest BCUT2D eigenvalue weighted by Gasteiger charge is 2.27. The van der Waals surface area contributed by atoms with Crippen molar-refractivity contribution in [3.63, 3.8) is 0 Å². The van der Waals surface area contributed by atoms with E-state index in [-0.39, 0.29) is 5.56 Å². The molecule has 0 radical (unpaired) electrons. The smallest absolute Gasteiger partial charge is 0.338 e. The maximum Gasteiger partial charge on any atom is 0.338 e. The van der Waals surface area contributed by atoms with Gasteiger partial charge in [-0.3, -0.25) is 9.10 Å². The minimum atomic E-state index is -3.35. The number of esters is 1. The largest absolute Gasteiger partial charge is 0.449 e. The Labute approximate surface area is 170 Å². The molecule has 7 nitrogen and oxygen atoms in total. The summed E-state index contributed by atoms with van der Waals surface area (Å²) < 4.78 is 30.3. The summed E-state index contributed by atoms with van der Waals surface area (Å²) in [7, 11) is -3.35. The van der Waals surface area contributed by atoms with Crippen LogP contribution in [0.4, 0.5) is 11.4 Å². The van der Waals surface area contributed by atoms with Crippen molar-refractivity contribution in [1.82, 2.24) is 0 Å². The van der Waals surface area contributed by atoms with E-state index in [2.05, 4.69) is 5.32 Å². The highest BCUT2D eigenvalue weighted by Crippen LogP contribution is 2.31. The summed E-state index contributed by atoms with van der Waals surface area (Å²) in [4.78, 5) is 24.9. The number of carbonyl (C=O) groups excluding carboxylic acids is 2. The molecule has 0 saturated heterocycles. The van der Waals surface area contributed by atoms with Crippen molar-refractivity contribution in [2.75, 3.05) is 22.4 Å². The second-order valence-electron chi connectivity index (χ2n) is 7.28. The molecule has 0 aliphatic carbocycles. The summed E-state index contributed by atoms with van der Waals surface area (Å²) in [6, 6.07) is 10.4. The van der Waals surface area contributed by atoms with Gasteiger partial charge in [-0.25, -0.2) is 13.2 Å². The van der Waals surface area contributed by atoms with Gasteiger partial charge in [-0.15, -0.1) is 0 Å². The number of anilines is 2. The summed E-state index contributed by atoms with van der Waals surface area (Å²) in [6.45, 7) is 5.72. The van der Waals surface area contributed by atoms with Crippen molar-refractivity contribution >= 4 is 33.3 Å². The number of benzene rings is 2. The SMILES string of the molecule is Cc1ccc(NC(=O)C(C)OC(=O)c2ccc3c(c2)CCN3S(C)(=O)=O)c(C)c1. The van der Waals surface area contributed by atoms with Gasteiger partial charge in [0.15, 0.2) is 6.10 Å². The fraction of sp³-hybridized carbons (Fsp3) is 0.333. The van der Waals surface area contributed by atoms with Crippen LogP contribution in [0.1, 0.15) is 34.0 Å². The van der Waals surface area contributed by atoms with Gasteiger partial charge in [0.05, 0.1) is 17.5 Å². The number of ether oxygens (including phenoxy) is 1. The molecule has 0 spiro atoms. The normalized spacial score (nSPS) is 14.3. The lowest BCUT2D eigenvalue weighted by atomic mass is 10.1. The molecule has 0 aromatic heterocycles. The van der Waals surface area contributed by atoms with Crippen molar-refractivity contribution in [3.8, 4) is 0 Å². The van der Waals surface area contributed by atoms with Crippen molar-refractivity contribution in [2.45, 2.75) is 33.3 Å². The van der Waals surface area contributed by atoms with E-state index in [9.17, 15) is 18.0 Å². The average molecular weight is 416 g/mol. The second-order valence-corrected chi connectivity index (χ2v) is 9.19. The number of sulfonamides is 1. The van der Waals surface area contributed by atoms with Crippen LogP contribution < -0.4 is 9.62 Å². The first-order valence-electron chi connectivity index (χ1n) is 9.26. The zero-order chi connectivity index (χ0) is 21.3. The summed E-state index contributed by atoms with van der Waals surface area (Å²) in [5, 5.41) is 2.77. The van der Waals surface area contributed by atoms with Gasteiger partial charge in [0, 0.05) is 12.2 Å². The van der Waals surface area contributed by atoms with Gasteiger partial charge >= 0.3 is 5.97 Å². The van der Waals surface area contributed by atoms with Crippen LogP contribution in [-0.4, -0.2) is 39.2 Å². The van der Waals surface area contributed by atoms with E-state index in [1.807, 2.05) is 32.0 Å². The molecule has 1 aliphatic heterocycles. The fourth-order valence-electron chi connectivity index (χ4n) is 3.31. The van der Waals surface area contributed by atoms with Gasteiger partial charge < -0.3 is 10.1 Å². The number of fused-ring (bicyclic) bond motifs is 1.